The summed E-state index contributed by atoms with van der Waals surface area (Å²) >= 11 is 0. The molecule has 5 nitrogen and oxygen atoms in total. The molecule has 16 heavy (non-hydrogen) atoms. The van der Waals surface area contributed by atoms with Crippen molar-refractivity contribution in [1.29, 1.82) is 5.26 Å². The van der Waals surface area contributed by atoms with Crippen molar-refractivity contribution in [2.24, 2.45) is 0 Å². The van der Waals surface area contributed by atoms with E-state index in [1.54, 1.807) is 31.2 Å². The Labute approximate surface area is 93.5 Å². The van der Waals surface area contributed by atoms with Crippen LogP contribution in [0.5, 0.6) is 5.75 Å². The minimum absolute atomic E-state index is 0.367. The Hall–Kier alpha value is -2.06. The van der Waals surface area contributed by atoms with Crippen LogP contribution in [0.25, 0.3) is 0 Å². The molecule has 0 radical (unpaired) electrons. The first-order chi connectivity index (χ1) is 7.65. The number of benzene rings is 1. The van der Waals surface area contributed by atoms with E-state index in [1.165, 1.54) is 0 Å². The van der Waals surface area contributed by atoms with Gasteiger partial charge in [0.1, 0.15) is 5.75 Å². The predicted molar refractivity (Wildman–Crippen MR) is 55.9 cm³/mol. The molecule has 0 spiro atoms. The van der Waals surface area contributed by atoms with Crippen LogP contribution in [0.2, 0.25) is 0 Å². The molecule has 0 bridgehead atoms. The molecule has 0 aliphatic carbocycles. The van der Waals surface area contributed by atoms with E-state index >= 15 is 0 Å². The number of carbonyl (C=O) groups excluding carboxylic acids is 1. The summed E-state index contributed by atoms with van der Waals surface area (Å²) in [5.74, 6) is -0.145. The fourth-order valence-corrected chi connectivity index (χ4v) is 0.839. The monoisotopic (exact) mass is 223 g/mol. The molecule has 1 atom stereocenters. The average molecular weight is 223 g/mol. The highest BCUT2D eigenvalue weighted by molar-refractivity contribution is 5.76. The lowest BCUT2D eigenvalue weighted by Crippen LogP contribution is -2.24. The Morgan fingerprint density at radius 2 is 2.00 bits per heavy atom. The largest absolute Gasteiger partial charge is 0.443 e. The van der Waals surface area contributed by atoms with E-state index in [9.17, 15) is 4.79 Å². The first-order valence-electron chi connectivity index (χ1n) is 4.63. The van der Waals surface area contributed by atoms with Gasteiger partial charge in [-0.1, -0.05) is 25.1 Å². The summed E-state index contributed by atoms with van der Waals surface area (Å²) in [6.45, 7) is 1.72. The lowest BCUT2D eigenvalue weighted by Gasteiger charge is -2.07. The van der Waals surface area contributed by atoms with Crippen LogP contribution in [-0.4, -0.2) is 22.3 Å². The van der Waals surface area contributed by atoms with Crippen molar-refractivity contribution in [2.75, 3.05) is 0 Å². The number of hydrogen-bond acceptors (Lipinski definition) is 5. The van der Waals surface area contributed by atoms with Crippen molar-refractivity contribution in [3.63, 3.8) is 0 Å². The maximum atomic E-state index is 11.1. The first kappa shape index (κ1) is 13.9. The summed E-state index contributed by atoms with van der Waals surface area (Å²) in [7, 11) is 0. The fourth-order valence-electron chi connectivity index (χ4n) is 0.839. The predicted octanol–water partition coefficient (Wildman–Crippen LogP) is 1.20. The van der Waals surface area contributed by atoms with Gasteiger partial charge in [-0.05, 0) is 18.6 Å². The van der Waals surface area contributed by atoms with Crippen LogP contribution in [0.3, 0.4) is 0 Å². The van der Waals surface area contributed by atoms with Gasteiger partial charge in [0.25, 0.3) is 6.26 Å². The van der Waals surface area contributed by atoms with E-state index < -0.39 is 12.1 Å². The molecule has 0 aromatic heterocycles. The number of aliphatic hydroxyl groups is 2. The highest BCUT2D eigenvalue weighted by Gasteiger charge is 2.14. The van der Waals surface area contributed by atoms with E-state index in [-0.39, 0.29) is 0 Å². The Bertz CT molecular complexity index is 345. The van der Waals surface area contributed by atoms with Crippen LogP contribution in [0.15, 0.2) is 30.3 Å². The molecule has 86 valence electrons. The van der Waals surface area contributed by atoms with E-state index in [0.717, 1.165) is 6.26 Å². The van der Waals surface area contributed by atoms with Gasteiger partial charge in [0.2, 0.25) is 0 Å². The van der Waals surface area contributed by atoms with Gasteiger partial charge in [-0.25, -0.2) is 4.79 Å². The maximum absolute atomic E-state index is 11.1. The van der Waals surface area contributed by atoms with Crippen LogP contribution in [0.4, 0.5) is 0 Å². The number of para-hydroxylation sites is 1. The summed E-state index contributed by atoms with van der Waals surface area (Å²) in [6.07, 6.45) is 0.0891. The standard InChI is InChI=1S/C10H12O3.CHNO/c1-2-9(11)10(12)13-8-6-4-3-5-7-8;2-1-3/h3-7,9,11H,2H2,1H3;3H. The van der Waals surface area contributed by atoms with Crippen LogP contribution in [-0.2, 0) is 4.79 Å². The molecule has 0 aliphatic heterocycles. The molecule has 1 aromatic carbocycles. The molecular formula is C11H13NO4. The highest BCUT2D eigenvalue weighted by Crippen LogP contribution is 2.09. The van der Waals surface area contributed by atoms with Crippen molar-refractivity contribution in [3.05, 3.63) is 30.3 Å². The SMILES string of the molecule is CCC(O)C(=O)Oc1ccccc1.N#CO. The molecule has 0 aliphatic rings. The molecule has 1 aromatic rings. The van der Waals surface area contributed by atoms with Crippen molar-refractivity contribution >= 4 is 5.97 Å². The quantitative estimate of drug-likeness (QED) is 0.456. The van der Waals surface area contributed by atoms with Gasteiger partial charge in [-0.15, -0.1) is 0 Å². The average Bonchev–Trinajstić information content (AvgIpc) is 2.30. The Kier molecular flexibility index (Phi) is 7.20. The Morgan fingerprint density at radius 3 is 2.44 bits per heavy atom. The maximum Gasteiger partial charge on any atom is 0.340 e. The summed E-state index contributed by atoms with van der Waals surface area (Å²) in [5.41, 5.74) is 0. The third-order valence-corrected chi connectivity index (χ3v) is 1.62. The lowest BCUT2D eigenvalue weighted by molar-refractivity contribution is -0.143. The zero-order chi connectivity index (χ0) is 12.4. The van der Waals surface area contributed by atoms with Crippen molar-refractivity contribution in [1.82, 2.24) is 0 Å². The summed E-state index contributed by atoms with van der Waals surface area (Å²) in [6, 6.07) is 8.69. The van der Waals surface area contributed by atoms with Crippen molar-refractivity contribution in [2.45, 2.75) is 19.4 Å². The van der Waals surface area contributed by atoms with Gasteiger partial charge in [0, 0.05) is 0 Å². The number of ether oxygens (including phenoxy) is 1. The van der Waals surface area contributed by atoms with Gasteiger partial charge >= 0.3 is 5.97 Å². The Balaban J connectivity index is 0.000000673. The molecule has 0 amide bonds. The van der Waals surface area contributed by atoms with Crippen LogP contribution in [0.1, 0.15) is 13.3 Å². The molecule has 0 fully saturated rings. The zero-order valence-electron chi connectivity index (χ0n) is 8.83. The third kappa shape index (κ3) is 5.62. The normalized spacial score (nSPS) is 10.3. The van der Waals surface area contributed by atoms with Gasteiger partial charge in [-0.3, -0.25) is 0 Å². The van der Waals surface area contributed by atoms with Gasteiger partial charge in [0.05, 0.1) is 0 Å². The zero-order valence-corrected chi connectivity index (χ0v) is 8.83. The first-order valence-corrected chi connectivity index (χ1v) is 4.63. The van der Waals surface area contributed by atoms with Crippen LogP contribution in [0, 0.1) is 11.5 Å². The molecular weight excluding hydrogens is 210 g/mol. The van der Waals surface area contributed by atoms with Gasteiger partial charge in [-0.2, -0.15) is 5.26 Å². The van der Waals surface area contributed by atoms with Crippen LogP contribution < -0.4 is 4.74 Å². The molecule has 0 heterocycles. The number of nitrogens with zero attached hydrogens (tertiary/aromatic N) is 1. The minimum atomic E-state index is -1.03. The van der Waals surface area contributed by atoms with E-state index in [4.69, 9.17) is 20.2 Å². The minimum Gasteiger partial charge on any atom is -0.443 e. The van der Waals surface area contributed by atoms with Crippen molar-refractivity contribution < 1.29 is 19.7 Å². The number of aliphatic hydroxyl groups excluding tert-OH is 2. The molecule has 0 saturated heterocycles. The number of nitriles is 1. The second-order valence-electron chi connectivity index (χ2n) is 2.76. The molecule has 5 heteroatoms. The fraction of sp³-hybridized carbons (Fsp3) is 0.273. The number of hydrogen-bond donors (Lipinski definition) is 2. The summed E-state index contributed by atoms with van der Waals surface area (Å²) in [4.78, 5) is 11.1. The number of carbonyl (C=O) groups is 1. The highest BCUT2D eigenvalue weighted by atomic mass is 16.5. The lowest BCUT2D eigenvalue weighted by atomic mass is 10.3. The number of esters is 1. The van der Waals surface area contributed by atoms with Crippen molar-refractivity contribution in [3.8, 4) is 12.0 Å². The molecule has 0 saturated carbocycles. The number of rotatable bonds is 3. The summed E-state index contributed by atoms with van der Waals surface area (Å²) < 4.78 is 4.88. The van der Waals surface area contributed by atoms with Gasteiger partial charge < -0.3 is 14.9 Å². The second-order valence-corrected chi connectivity index (χ2v) is 2.76. The summed E-state index contributed by atoms with van der Waals surface area (Å²) in [5, 5.41) is 22.9. The van der Waals surface area contributed by atoms with E-state index in [0.29, 0.717) is 12.2 Å². The molecule has 2 N–H and O–H groups in total. The molecule has 1 rings (SSSR count). The third-order valence-electron chi connectivity index (χ3n) is 1.62. The van der Waals surface area contributed by atoms with Crippen LogP contribution >= 0.6 is 0 Å². The molecule has 1 unspecified atom stereocenters. The van der Waals surface area contributed by atoms with Gasteiger partial charge in [0.15, 0.2) is 6.10 Å². The smallest absolute Gasteiger partial charge is 0.340 e. The topological polar surface area (TPSA) is 90.5 Å². The Morgan fingerprint density at radius 1 is 1.50 bits per heavy atom. The second kappa shape index (κ2) is 8.26. The van der Waals surface area contributed by atoms with E-state index in [1.807, 2.05) is 6.07 Å². The van der Waals surface area contributed by atoms with E-state index in [2.05, 4.69) is 0 Å².